The molecule has 0 heterocycles. The number of nitrogens with one attached hydrogen (secondary N) is 1. The van der Waals surface area contributed by atoms with E-state index in [0.29, 0.717) is 0 Å². The number of Topliss-reactive ketones (excluding diaryl/α,β-unsaturated/α-hetero) is 1. The lowest BCUT2D eigenvalue weighted by Gasteiger charge is -2.13. The lowest BCUT2D eigenvalue weighted by Crippen LogP contribution is -2.36. The second-order valence-corrected chi connectivity index (χ2v) is 3.43. The first-order chi connectivity index (χ1) is 7.95. The van der Waals surface area contributed by atoms with Crippen LogP contribution in [0.1, 0.15) is 16.8 Å². The van der Waals surface area contributed by atoms with E-state index in [2.05, 4.69) is 5.32 Å². The molecule has 0 saturated heterocycles. The van der Waals surface area contributed by atoms with Gasteiger partial charge in [0.1, 0.15) is 11.6 Å². The minimum absolute atomic E-state index is 0.453. The predicted molar refractivity (Wildman–Crippen MR) is 55.8 cm³/mol. The Bertz CT molecular complexity index is 448. The Hall–Kier alpha value is -1.82. The molecule has 4 nitrogen and oxygen atoms in total. The zero-order chi connectivity index (χ0) is 13.0. The highest BCUT2D eigenvalue weighted by atomic mass is 19.1. The number of ketones is 1. The predicted octanol–water partition coefficient (Wildman–Crippen LogP) is 1.21. The van der Waals surface area contributed by atoms with Crippen LogP contribution in [0, 0.1) is 11.6 Å². The summed E-state index contributed by atoms with van der Waals surface area (Å²) in [4.78, 5) is 22.2. The zero-order valence-electron chi connectivity index (χ0n) is 9.04. The molecule has 0 bridgehead atoms. The van der Waals surface area contributed by atoms with Crippen molar-refractivity contribution in [3.8, 4) is 0 Å². The molecule has 0 aliphatic rings. The van der Waals surface area contributed by atoms with Crippen LogP contribution in [0.5, 0.6) is 0 Å². The fourth-order valence-corrected chi connectivity index (χ4v) is 1.37. The first-order valence-electron chi connectivity index (χ1n) is 4.84. The van der Waals surface area contributed by atoms with E-state index in [9.17, 15) is 18.4 Å². The number of halogens is 2. The Morgan fingerprint density at radius 3 is 2.59 bits per heavy atom. The number of carboxylic acid groups (broad SMARTS) is 1. The Balaban J connectivity index is 3.01. The molecule has 1 aromatic carbocycles. The van der Waals surface area contributed by atoms with Crippen molar-refractivity contribution in [3.05, 3.63) is 35.4 Å². The Kier molecular flexibility index (Phi) is 4.28. The zero-order valence-corrected chi connectivity index (χ0v) is 9.04. The van der Waals surface area contributed by atoms with Crippen LogP contribution in [0.25, 0.3) is 0 Å². The van der Waals surface area contributed by atoms with Gasteiger partial charge in [0.2, 0.25) is 0 Å². The van der Waals surface area contributed by atoms with E-state index in [0.717, 1.165) is 18.2 Å². The molecule has 1 atom stereocenters. The number of carbonyl (C=O) groups is 2. The van der Waals surface area contributed by atoms with Crippen LogP contribution in [0.4, 0.5) is 8.78 Å². The molecule has 0 amide bonds. The van der Waals surface area contributed by atoms with Gasteiger partial charge in [-0.05, 0) is 25.2 Å². The lowest BCUT2D eigenvalue weighted by molar-refractivity contribution is -0.137. The molecule has 6 heteroatoms. The Labute approximate surface area is 96.3 Å². The van der Waals surface area contributed by atoms with Gasteiger partial charge in [0.25, 0.3) is 0 Å². The molecular weight excluding hydrogens is 232 g/mol. The van der Waals surface area contributed by atoms with Gasteiger partial charge >= 0.3 is 5.97 Å². The third kappa shape index (κ3) is 3.32. The Morgan fingerprint density at radius 2 is 2.06 bits per heavy atom. The van der Waals surface area contributed by atoms with E-state index in [-0.39, 0.29) is 0 Å². The molecule has 0 spiro atoms. The third-order valence-electron chi connectivity index (χ3n) is 2.24. The molecule has 0 radical (unpaired) electrons. The highest BCUT2D eigenvalue weighted by Crippen LogP contribution is 2.13. The van der Waals surface area contributed by atoms with Crippen molar-refractivity contribution >= 4 is 11.8 Å². The average molecular weight is 243 g/mol. The smallest absolute Gasteiger partial charge is 0.305 e. The molecule has 92 valence electrons. The average Bonchev–Trinajstić information content (AvgIpc) is 2.28. The second kappa shape index (κ2) is 5.49. The summed E-state index contributed by atoms with van der Waals surface area (Å²) in [6.45, 7) is 0. The van der Waals surface area contributed by atoms with Gasteiger partial charge in [0, 0.05) is 0 Å². The standard InChI is InChI=1S/C11H11F2NO3/c1-14-9(5-10(15)16)11(17)7-4-6(12)2-3-8(7)13/h2-4,9,14H,5H2,1H3,(H,15,16). The molecule has 1 unspecified atom stereocenters. The largest absolute Gasteiger partial charge is 0.481 e. The molecule has 0 aromatic heterocycles. The summed E-state index contributed by atoms with van der Waals surface area (Å²) in [5, 5.41) is 11.0. The van der Waals surface area contributed by atoms with E-state index in [4.69, 9.17) is 5.11 Å². The van der Waals surface area contributed by atoms with Crippen LogP contribution >= 0.6 is 0 Å². The number of likely N-dealkylation sites (N-methyl/N-ethyl adjacent to an activating group) is 1. The number of hydrogen-bond donors (Lipinski definition) is 2. The van der Waals surface area contributed by atoms with Gasteiger partial charge in [0.15, 0.2) is 5.78 Å². The SMILES string of the molecule is CNC(CC(=O)O)C(=O)c1cc(F)ccc1F. The molecule has 0 saturated carbocycles. The van der Waals surface area contributed by atoms with Gasteiger partial charge in [-0.25, -0.2) is 8.78 Å². The molecule has 1 rings (SSSR count). The summed E-state index contributed by atoms with van der Waals surface area (Å²) < 4.78 is 26.2. The molecule has 17 heavy (non-hydrogen) atoms. The van der Waals surface area contributed by atoms with E-state index >= 15 is 0 Å². The van der Waals surface area contributed by atoms with Gasteiger partial charge in [-0.15, -0.1) is 0 Å². The third-order valence-corrected chi connectivity index (χ3v) is 2.24. The fraction of sp³-hybridized carbons (Fsp3) is 0.273. The number of hydrogen-bond acceptors (Lipinski definition) is 3. The molecule has 1 aromatic rings. The van der Waals surface area contributed by atoms with Crippen molar-refractivity contribution in [2.75, 3.05) is 7.05 Å². The van der Waals surface area contributed by atoms with Crippen molar-refractivity contribution < 1.29 is 23.5 Å². The highest BCUT2D eigenvalue weighted by molar-refractivity contribution is 6.01. The van der Waals surface area contributed by atoms with Crippen molar-refractivity contribution in [2.45, 2.75) is 12.5 Å². The van der Waals surface area contributed by atoms with Gasteiger partial charge in [-0.2, -0.15) is 0 Å². The Morgan fingerprint density at radius 1 is 1.41 bits per heavy atom. The fourth-order valence-electron chi connectivity index (χ4n) is 1.37. The minimum atomic E-state index is -1.20. The molecule has 0 fully saturated rings. The van der Waals surface area contributed by atoms with Crippen molar-refractivity contribution in [1.29, 1.82) is 0 Å². The maximum Gasteiger partial charge on any atom is 0.305 e. The summed E-state index contributed by atoms with van der Waals surface area (Å²) in [7, 11) is 1.38. The summed E-state index contributed by atoms with van der Waals surface area (Å²) >= 11 is 0. The van der Waals surface area contributed by atoms with Crippen molar-refractivity contribution in [2.24, 2.45) is 0 Å². The summed E-state index contributed by atoms with van der Waals surface area (Å²) in [6, 6.07) is 1.39. The quantitative estimate of drug-likeness (QED) is 0.763. The number of rotatable bonds is 5. The van der Waals surface area contributed by atoms with E-state index in [1.165, 1.54) is 7.05 Å². The molecule has 2 N–H and O–H groups in total. The topological polar surface area (TPSA) is 66.4 Å². The van der Waals surface area contributed by atoms with Crippen molar-refractivity contribution in [1.82, 2.24) is 5.32 Å². The number of carbonyl (C=O) groups excluding carboxylic acids is 1. The monoisotopic (exact) mass is 243 g/mol. The van der Waals surface area contributed by atoms with Gasteiger partial charge in [-0.1, -0.05) is 0 Å². The molecule has 0 aliphatic heterocycles. The van der Waals surface area contributed by atoms with Crippen molar-refractivity contribution in [3.63, 3.8) is 0 Å². The van der Waals surface area contributed by atoms with Gasteiger partial charge in [0.05, 0.1) is 18.0 Å². The van der Waals surface area contributed by atoms with E-state index in [1.54, 1.807) is 0 Å². The number of benzene rings is 1. The normalized spacial score (nSPS) is 12.2. The van der Waals surface area contributed by atoms with E-state index < -0.39 is 41.4 Å². The van der Waals surface area contributed by atoms with Crippen LogP contribution in [-0.2, 0) is 4.79 Å². The van der Waals surface area contributed by atoms with Gasteiger partial charge < -0.3 is 10.4 Å². The van der Waals surface area contributed by atoms with E-state index in [1.807, 2.05) is 0 Å². The number of carboxylic acids is 1. The van der Waals surface area contributed by atoms with Crippen LogP contribution < -0.4 is 5.32 Å². The van der Waals surface area contributed by atoms with Crippen LogP contribution in [0.15, 0.2) is 18.2 Å². The number of aliphatic carboxylic acids is 1. The second-order valence-electron chi connectivity index (χ2n) is 3.43. The highest BCUT2D eigenvalue weighted by Gasteiger charge is 2.24. The summed E-state index contributed by atoms with van der Waals surface area (Å²) in [5.74, 6) is -3.61. The van der Waals surface area contributed by atoms with Crippen LogP contribution in [0.2, 0.25) is 0 Å². The van der Waals surface area contributed by atoms with Crippen LogP contribution in [-0.4, -0.2) is 29.9 Å². The summed E-state index contributed by atoms with van der Waals surface area (Å²) in [6.07, 6.45) is -0.495. The molecular formula is C11H11F2NO3. The maximum atomic E-state index is 13.3. The summed E-state index contributed by atoms with van der Waals surface area (Å²) in [5.41, 5.74) is -0.453. The van der Waals surface area contributed by atoms with Crippen LogP contribution in [0.3, 0.4) is 0 Å². The minimum Gasteiger partial charge on any atom is -0.481 e. The maximum absolute atomic E-state index is 13.3. The first kappa shape index (κ1) is 13.2. The lowest BCUT2D eigenvalue weighted by atomic mass is 10.0. The molecule has 0 aliphatic carbocycles. The first-order valence-corrected chi connectivity index (χ1v) is 4.84. The van der Waals surface area contributed by atoms with Gasteiger partial charge in [-0.3, -0.25) is 9.59 Å².